The summed E-state index contributed by atoms with van der Waals surface area (Å²) in [7, 11) is 3.32. The first-order valence-electron chi connectivity index (χ1n) is 10.3. The number of hydrogen-bond acceptors (Lipinski definition) is 7. The molecule has 1 aliphatic heterocycles. The van der Waals surface area contributed by atoms with Crippen LogP contribution in [0.5, 0.6) is 5.75 Å². The number of ether oxygens (including phenoxy) is 2. The van der Waals surface area contributed by atoms with E-state index >= 15 is 0 Å². The number of methoxy groups -OCH3 is 2. The van der Waals surface area contributed by atoms with Crippen LogP contribution in [-0.4, -0.2) is 72.1 Å². The second kappa shape index (κ2) is 11.2. The van der Waals surface area contributed by atoms with E-state index in [-0.39, 0.29) is 24.3 Å². The SMILES string of the molecule is COCCn1nnnc1C(c1ccccc1OC)N1CCN(c2ccccc2F)CC1.Cl. The Morgan fingerprint density at radius 3 is 2.44 bits per heavy atom. The third-order valence-electron chi connectivity index (χ3n) is 5.62. The minimum atomic E-state index is -0.194. The average molecular weight is 463 g/mol. The lowest BCUT2D eigenvalue weighted by Gasteiger charge is -2.40. The van der Waals surface area contributed by atoms with Crippen molar-refractivity contribution in [3.63, 3.8) is 0 Å². The first kappa shape index (κ1) is 23.9. The van der Waals surface area contributed by atoms with E-state index in [4.69, 9.17) is 9.47 Å². The first-order valence-corrected chi connectivity index (χ1v) is 10.3. The van der Waals surface area contributed by atoms with Crippen LogP contribution >= 0.6 is 12.4 Å². The monoisotopic (exact) mass is 462 g/mol. The van der Waals surface area contributed by atoms with E-state index in [1.165, 1.54) is 6.07 Å². The molecule has 0 N–H and O–H groups in total. The normalized spacial score (nSPS) is 15.3. The van der Waals surface area contributed by atoms with Crippen molar-refractivity contribution in [2.75, 3.05) is 51.9 Å². The van der Waals surface area contributed by atoms with E-state index in [0.29, 0.717) is 31.9 Å². The Labute approximate surface area is 193 Å². The van der Waals surface area contributed by atoms with Crippen molar-refractivity contribution < 1.29 is 13.9 Å². The summed E-state index contributed by atoms with van der Waals surface area (Å²) >= 11 is 0. The molecular formula is C22H28ClFN6O2. The number of tetrazole rings is 1. The number of nitrogens with zero attached hydrogens (tertiary/aromatic N) is 6. The van der Waals surface area contributed by atoms with Crippen molar-refractivity contribution in [2.24, 2.45) is 0 Å². The third kappa shape index (κ3) is 5.01. The summed E-state index contributed by atoms with van der Waals surface area (Å²) in [4.78, 5) is 4.41. The molecule has 1 atom stereocenters. The van der Waals surface area contributed by atoms with Crippen LogP contribution in [0, 0.1) is 5.82 Å². The van der Waals surface area contributed by atoms with Gasteiger partial charge >= 0.3 is 0 Å². The molecule has 1 aliphatic rings. The van der Waals surface area contributed by atoms with Crippen LogP contribution < -0.4 is 9.64 Å². The van der Waals surface area contributed by atoms with Gasteiger partial charge in [-0.1, -0.05) is 30.3 Å². The van der Waals surface area contributed by atoms with E-state index in [1.807, 2.05) is 36.4 Å². The molecule has 1 fully saturated rings. The molecule has 2 aromatic carbocycles. The van der Waals surface area contributed by atoms with Crippen molar-refractivity contribution in [1.29, 1.82) is 0 Å². The number of piperazine rings is 1. The zero-order valence-electron chi connectivity index (χ0n) is 18.2. The maximum Gasteiger partial charge on any atom is 0.173 e. The number of hydrogen-bond donors (Lipinski definition) is 0. The van der Waals surface area contributed by atoms with Crippen LogP contribution in [0.1, 0.15) is 17.4 Å². The molecule has 0 spiro atoms. The molecule has 3 aromatic rings. The van der Waals surface area contributed by atoms with Gasteiger partial charge in [-0.25, -0.2) is 9.07 Å². The van der Waals surface area contributed by atoms with E-state index in [1.54, 1.807) is 25.0 Å². The average Bonchev–Trinajstić information content (AvgIpc) is 3.27. The van der Waals surface area contributed by atoms with Gasteiger partial charge in [-0.2, -0.15) is 0 Å². The lowest BCUT2D eigenvalue weighted by Crippen LogP contribution is -2.48. The second-order valence-corrected chi connectivity index (χ2v) is 7.37. The summed E-state index contributed by atoms with van der Waals surface area (Å²) < 4.78 is 26.9. The maximum absolute atomic E-state index is 14.3. The molecule has 172 valence electrons. The Balaban J connectivity index is 0.00000289. The molecule has 0 saturated carbocycles. The largest absolute Gasteiger partial charge is 0.496 e. The lowest BCUT2D eigenvalue weighted by molar-refractivity contribution is 0.171. The van der Waals surface area contributed by atoms with Gasteiger partial charge in [-0.3, -0.25) is 4.90 Å². The van der Waals surface area contributed by atoms with E-state index < -0.39 is 0 Å². The Hall–Kier alpha value is -2.75. The summed E-state index contributed by atoms with van der Waals surface area (Å²) in [6.45, 7) is 3.93. The predicted octanol–water partition coefficient (Wildman–Crippen LogP) is 2.80. The quantitative estimate of drug-likeness (QED) is 0.510. The van der Waals surface area contributed by atoms with Crippen molar-refractivity contribution in [3.8, 4) is 5.75 Å². The highest BCUT2D eigenvalue weighted by atomic mass is 35.5. The van der Waals surface area contributed by atoms with Gasteiger partial charge < -0.3 is 14.4 Å². The molecule has 2 heterocycles. The molecular weight excluding hydrogens is 435 g/mol. The molecule has 0 amide bonds. The third-order valence-corrected chi connectivity index (χ3v) is 5.62. The topological polar surface area (TPSA) is 68.5 Å². The number of rotatable bonds is 8. The van der Waals surface area contributed by atoms with Crippen LogP contribution in [0.3, 0.4) is 0 Å². The molecule has 32 heavy (non-hydrogen) atoms. The number of benzene rings is 2. The molecule has 1 unspecified atom stereocenters. The van der Waals surface area contributed by atoms with E-state index in [9.17, 15) is 4.39 Å². The highest BCUT2D eigenvalue weighted by molar-refractivity contribution is 5.85. The smallest absolute Gasteiger partial charge is 0.173 e. The van der Waals surface area contributed by atoms with Crippen LogP contribution in [0.2, 0.25) is 0 Å². The van der Waals surface area contributed by atoms with Gasteiger partial charge in [0.15, 0.2) is 5.82 Å². The van der Waals surface area contributed by atoms with E-state index in [0.717, 1.165) is 30.2 Å². The number of aromatic nitrogens is 4. The van der Waals surface area contributed by atoms with E-state index in [2.05, 4.69) is 25.3 Å². The van der Waals surface area contributed by atoms with Crippen LogP contribution in [0.4, 0.5) is 10.1 Å². The number of anilines is 1. The molecule has 1 aromatic heterocycles. The first-order chi connectivity index (χ1) is 15.2. The maximum atomic E-state index is 14.3. The standard InChI is InChI=1S/C22H27FN6O2.ClH/c1-30-16-15-29-22(24-25-26-29)21(17-7-3-6-10-20(17)31-2)28-13-11-27(12-14-28)19-9-5-4-8-18(19)23;/h3-10,21H,11-16H2,1-2H3;1H. The fraction of sp³-hybridized carbons (Fsp3) is 0.409. The van der Waals surface area contributed by atoms with Gasteiger partial charge in [0.05, 0.1) is 25.9 Å². The van der Waals surface area contributed by atoms with Crippen molar-refractivity contribution in [1.82, 2.24) is 25.1 Å². The zero-order valence-corrected chi connectivity index (χ0v) is 19.0. The zero-order chi connectivity index (χ0) is 21.6. The predicted molar refractivity (Wildman–Crippen MR) is 122 cm³/mol. The molecule has 10 heteroatoms. The Kier molecular flexibility index (Phi) is 8.38. The summed E-state index contributed by atoms with van der Waals surface area (Å²) in [6, 6.07) is 14.7. The van der Waals surface area contributed by atoms with Gasteiger partial charge in [-0.15, -0.1) is 17.5 Å². The molecule has 8 nitrogen and oxygen atoms in total. The number of para-hydroxylation sites is 2. The lowest BCUT2D eigenvalue weighted by atomic mass is 10.0. The molecule has 0 radical (unpaired) electrons. The van der Waals surface area contributed by atoms with Gasteiger partial charge in [0.25, 0.3) is 0 Å². The van der Waals surface area contributed by atoms with Crippen molar-refractivity contribution >= 4 is 18.1 Å². The summed E-state index contributed by atoms with van der Waals surface area (Å²) in [5.41, 5.74) is 1.64. The minimum Gasteiger partial charge on any atom is -0.496 e. The molecule has 0 aliphatic carbocycles. The van der Waals surface area contributed by atoms with Gasteiger partial charge in [0, 0.05) is 38.9 Å². The Morgan fingerprint density at radius 2 is 1.72 bits per heavy atom. The molecule has 0 bridgehead atoms. The minimum absolute atomic E-state index is 0. The summed E-state index contributed by atoms with van der Waals surface area (Å²) in [5, 5.41) is 12.5. The molecule has 1 saturated heterocycles. The summed E-state index contributed by atoms with van der Waals surface area (Å²) in [6.07, 6.45) is 0. The fourth-order valence-corrected chi connectivity index (χ4v) is 4.07. The highest BCUT2D eigenvalue weighted by Crippen LogP contribution is 2.34. The Morgan fingerprint density at radius 1 is 1.00 bits per heavy atom. The summed E-state index contributed by atoms with van der Waals surface area (Å²) in [5.74, 6) is 1.33. The Bertz CT molecular complexity index is 996. The van der Waals surface area contributed by atoms with Crippen molar-refractivity contribution in [2.45, 2.75) is 12.6 Å². The van der Waals surface area contributed by atoms with Crippen molar-refractivity contribution in [3.05, 3.63) is 65.7 Å². The van der Waals surface area contributed by atoms with Crippen LogP contribution in [0.15, 0.2) is 48.5 Å². The second-order valence-electron chi connectivity index (χ2n) is 7.37. The van der Waals surface area contributed by atoms with Gasteiger partial charge in [0.2, 0.25) is 0 Å². The van der Waals surface area contributed by atoms with Crippen LogP contribution in [-0.2, 0) is 11.3 Å². The van der Waals surface area contributed by atoms with Gasteiger partial charge in [-0.05, 0) is 28.6 Å². The van der Waals surface area contributed by atoms with Gasteiger partial charge in [0.1, 0.15) is 17.6 Å². The fourth-order valence-electron chi connectivity index (χ4n) is 4.07. The highest BCUT2D eigenvalue weighted by Gasteiger charge is 2.32. The molecule has 4 rings (SSSR count). The number of halogens is 2. The van der Waals surface area contributed by atoms with Crippen LogP contribution in [0.25, 0.3) is 0 Å².